The molecule has 6 heteroatoms. The zero-order chi connectivity index (χ0) is 14.9. The summed E-state index contributed by atoms with van der Waals surface area (Å²) in [4.78, 5) is 24.2. The summed E-state index contributed by atoms with van der Waals surface area (Å²) in [6, 6.07) is 0.414. The summed E-state index contributed by atoms with van der Waals surface area (Å²) < 4.78 is 7.13. The first-order valence-corrected chi connectivity index (χ1v) is 6.75. The third-order valence-electron chi connectivity index (χ3n) is 3.45. The van der Waals surface area contributed by atoms with Gasteiger partial charge in [0.25, 0.3) is 0 Å². The van der Waals surface area contributed by atoms with Crippen molar-refractivity contribution < 1.29 is 14.3 Å². The molecule has 110 valence electrons. The molecule has 1 amide bonds. The van der Waals surface area contributed by atoms with Crippen LogP contribution in [0.2, 0.25) is 0 Å². The molecule has 1 saturated carbocycles. The Balaban J connectivity index is 1.86. The Morgan fingerprint density at radius 3 is 2.65 bits per heavy atom. The summed E-state index contributed by atoms with van der Waals surface area (Å²) in [6.45, 7) is 5.56. The molecule has 20 heavy (non-hydrogen) atoms. The highest BCUT2D eigenvalue weighted by molar-refractivity contribution is 5.73. The molecule has 0 bridgehead atoms. The van der Waals surface area contributed by atoms with Crippen molar-refractivity contribution in [3.63, 3.8) is 0 Å². The van der Waals surface area contributed by atoms with Crippen LogP contribution in [0.1, 0.15) is 50.0 Å². The average Bonchev–Trinajstić information content (AvgIpc) is 2.73. The van der Waals surface area contributed by atoms with Crippen molar-refractivity contribution >= 4 is 12.4 Å². The first-order valence-electron chi connectivity index (χ1n) is 6.75. The van der Waals surface area contributed by atoms with Gasteiger partial charge < -0.3 is 9.64 Å². The van der Waals surface area contributed by atoms with Gasteiger partial charge in [0.2, 0.25) is 0 Å². The van der Waals surface area contributed by atoms with Gasteiger partial charge in [-0.25, -0.2) is 4.79 Å². The lowest BCUT2D eigenvalue weighted by Gasteiger charge is -2.41. The van der Waals surface area contributed by atoms with Gasteiger partial charge in [-0.3, -0.25) is 9.48 Å². The standard InChI is InChI=1S/C14H21N3O3/c1-14(2,3)20-13(19)16(4)11-5-12(6-11)17-8-10(9-18)7-15-17/h7-9,11-12H,5-6H2,1-4H3. The van der Waals surface area contributed by atoms with Crippen molar-refractivity contribution in [3.8, 4) is 0 Å². The van der Waals surface area contributed by atoms with Gasteiger partial charge in [0, 0.05) is 19.3 Å². The molecule has 0 atom stereocenters. The first kappa shape index (κ1) is 14.6. The van der Waals surface area contributed by atoms with Gasteiger partial charge in [0.15, 0.2) is 6.29 Å². The van der Waals surface area contributed by atoms with Crippen molar-refractivity contribution in [1.82, 2.24) is 14.7 Å². The van der Waals surface area contributed by atoms with Gasteiger partial charge in [-0.2, -0.15) is 5.10 Å². The molecule has 1 fully saturated rings. The highest BCUT2D eigenvalue weighted by Gasteiger charge is 2.37. The molecule has 1 aliphatic rings. The number of hydrogen-bond donors (Lipinski definition) is 0. The summed E-state index contributed by atoms with van der Waals surface area (Å²) >= 11 is 0. The maximum absolute atomic E-state index is 11.9. The molecule has 1 aromatic rings. The Morgan fingerprint density at radius 2 is 2.15 bits per heavy atom. The molecule has 0 aliphatic heterocycles. The third kappa shape index (κ3) is 3.18. The molecule has 6 nitrogen and oxygen atoms in total. The van der Waals surface area contributed by atoms with Crippen molar-refractivity contribution in [2.45, 2.75) is 51.3 Å². The van der Waals surface area contributed by atoms with Crippen molar-refractivity contribution in [3.05, 3.63) is 18.0 Å². The topological polar surface area (TPSA) is 64.4 Å². The maximum Gasteiger partial charge on any atom is 0.410 e. The van der Waals surface area contributed by atoms with Crippen molar-refractivity contribution in [2.24, 2.45) is 0 Å². The van der Waals surface area contributed by atoms with Crippen LogP contribution in [0, 0.1) is 0 Å². The molecule has 0 spiro atoms. The number of ether oxygens (including phenoxy) is 1. The summed E-state index contributed by atoms with van der Waals surface area (Å²) in [5.74, 6) is 0. The fourth-order valence-electron chi connectivity index (χ4n) is 2.19. The fourth-order valence-corrected chi connectivity index (χ4v) is 2.19. The highest BCUT2D eigenvalue weighted by atomic mass is 16.6. The number of aromatic nitrogens is 2. The minimum Gasteiger partial charge on any atom is -0.444 e. The minimum absolute atomic E-state index is 0.165. The number of amides is 1. The lowest BCUT2D eigenvalue weighted by atomic mass is 9.86. The molecule has 0 unspecified atom stereocenters. The van der Waals surface area contributed by atoms with E-state index in [-0.39, 0.29) is 18.2 Å². The summed E-state index contributed by atoms with van der Waals surface area (Å²) in [5, 5.41) is 4.16. The largest absolute Gasteiger partial charge is 0.444 e. The normalized spacial score (nSPS) is 22.0. The maximum atomic E-state index is 11.9. The second-order valence-corrected chi connectivity index (χ2v) is 6.24. The first-order chi connectivity index (χ1) is 9.30. The van der Waals surface area contributed by atoms with Crippen LogP contribution in [0.4, 0.5) is 4.79 Å². The van der Waals surface area contributed by atoms with E-state index >= 15 is 0 Å². The Kier molecular flexibility index (Phi) is 3.83. The second kappa shape index (κ2) is 5.26. The van der Waals surface area contributed by atoms with Gasteiger partial charge in [-0.1, -0.05) is 0 Å². The van der Waals surface area contributed by atoms with E-state index in [9.17, 15) is 9.59 Å². The van der Waals surface area contributed by atoms with Crippen LogP contribution in [0.5, 0.6) is 0 Å². The van der Waals surface area contributed by atoms with Gasteiger partial charge in [-0.15, -0.1) is 0 Å². The van der Waals surface area contributed by atoms with Crippen LogP contribution in [0.25, 0.3) is 0 Å². The van der Waals surface area contributed by atoms with Crippen LogP contribution in [0.3, 0.4) is 0 Å². The minimum atomic E-state index is -0.477. The zero-order valence-electron chi connectivity index (χ0n) is 12.4. The molecule has 1 aromatic heterocycles. The molecular formula is C14H21N3O3. The Labute approximate surface area is 118 Å². The summed E-state index contributed by atoms with van der Waals surface area (Å²) in [5.41, 5.74) is 0.101. The number of aldehydes is 1. The molecule has 1 heterocycles. The Bertz CT molecular complexity index is 498. The molecule has 0 N–H and O–H groups in total. The molecule has 0 radical (unpaired) electrons. The highest BCUT2D eigenvalue weighted by Crippen LogP contribution is 2.35. The molecular weight excluding hydrogens is 258 g/mol. The molecule has 0 aromatic carbocycles. The number of nitrogens with zero attached hydrogens (tertiary/aromatic N) is 3. The summed E-state index contributed by atoms with van der Waals surface area (Å²) in [7, 11) is 1.76. The predicted octanol–water partition coefficient (Wildman–Crippen LogP) is 2.27. The Morgan fingerprint density at radius 1 is 1.50 bits per heavy atom. The van der Waals surface area contributed by atoms with E-state index in [0.29, 0.717) is 5.56 Å². The molecule has 1 aliphatic carbocycles. The number of carbonyl (C=O) groups excluding carboxylic acids is 2. The van der Waals surface area contributed by atoms with Crippen LogP contribution in [0.15, 0.2) is 12.4 Å². The zero-order valence-corrected chi connectivity index (χ0v) is 12.4. The van der Waals surface area contributed by atoms with Crippen molar-refractivity contribution in [2.75, 3.05) is 7.05 Å². The lowest BCUT2D eigenvalue weighted by Crippen LogP contribution is -2.47. The van der Waals surface area contributed by atoms with E-state index in [4.69, 9.17) is 4.74 Å². The van der Waals surface area contributed by atoms with Gasteiger partial charge in [-0.05, 0) is 33.6 Å². The third-order valence-corrected chi connectivity index (χ3v) is 3.45. The van der Waals surface area contributed by atoms with Gasteiger partial charge in [0.1, 0.15) is 5.60 Å². The molecule has 0 saturated heterocycles. The number of hydrogen-bond acceptors (Lipinski definition) is 4. The van der Waals surface area contributed by atoms with E-state index in [2.05, 4.69) is 5.10 Å². The lowest BCUT2D eigenvalue weighted by molar-refractivity contribution is 0.00687. The van der Waals surface area contributed by atoms with E-state index in [1.54, 1.807) is 29.0 Å². The molecule has 2 rings (SSSR count). The SMILES string of the molecule is CN(C(=O)OC(C)(C)C)C1CC(n2cc(C=O)cn2)C1. The van der Waals surface area contributed by atoms with Gasteiger partial charge in [0.05, 0.1) is 17.8 Å². The van der Waals surface area contributed by atoms with E-state index < -0.39 is 5.60 Å². The summed E-state index contributed by atoms with van der Waals surface area (Å²) in [6.07, 6.45) is 5.44. The Hall–Kier alpha value is -1.85. The van der Waals surface area contributed by atoms with Crippen molar-refractivity contribution in [1.29, 1.82) is 0 Å². The van der Waals surface area contributed by atoms with Crippen LogP contribution in [-0.4, -0.2) is 45.8 Å². The van der Waals surface area contributed by atoms with Crippen LogP contribution >= 0.6 is 0 Å². The fraction of sp³-hybridized carbons (Fsp3) is 0.643. The quantitative estimate of drug-likeness (QED) is 0.796. The average molecular weight is 279 g/mol. The smallest absolute Gasteiger partial charge is 0.410 e. The predicted molar refractivity (Wildman–Crippen MR) is 73.7 cm³/mol. The van der Waals surface area contributed by atoms with Gasteiger partial charge >= 0.3 is 6.09 Å². The number of rotatable bonds is 3. The van der Waals surface area contributed by atoms with Crippen LogP contribution in [-0.2, 0) is 4.74 Å². The monoisotopic (exact) mass is 279 g/mol. The number of carbonyl (C=O) groups is 2. The second-order valence-electron chi connectivity index (χ2n) is 6.24. The van der Waals surface area contributed by atoms with E-state index in [0.717, 1.165) is 19.1 Å². The van der Waals surface area contributed by atoms with Crippen LogP contribution < -0.4 is 0 Å². The van der Waals surface area contributed by atoms with E-state index in [1.807, 2.05) is 20.8 Å². The van der Waals surface area contributed by atoms with E-state index in [1.165, 1.54) is 0 Å².